The van der Waals surface area contributed by atoms with Crippen LogP contribution in [0.25, 0.3) is 0 Å². The van der Waals surface area contributed by atoms with E-state index in [1.807, 2.05) is 6.92 Å². The number of amides is 2. The van der Waals surface area contributed by atoms with Crippen molar-refractivity contribution in [2.24, 2.45) is 0 Å². The molecular formula is C17H21F3N2O2. The summed E-state index contributed by atoms with van der Waals surface area (Å²) in [7, 11) is 0. The Bertz CT molecular complexity index is 584. The van der Waals surface area contributed by atoms with Crippen LogP contribution in [0.1, 0.15) is 48.5 Å². The fourth-order valence-corrected chi connectivity index (χ4v) is 2.92. The van der Waals surface area contributed by atoms with Gasteiger partial charge < -0.3 is 10.2 Å². The second-order valence-electron chi connectivity index (χ2n) is 5.90. The van der Waals surface area contributed by atoms with Gasteiger partial charge in [0.15, 0.2) is 0 Å². The second kappa shape index (κ2) is 7.68. The van der Waals surface area contributed by atoms with E-state index in [0.717, 1.165) is 49.9 Å². The van der Waals surface area contributed by atoms with Crippen molar-refractivity contribution in [3.63, 3.8) is 0 Å². The smallest absolute Gasteiger partial charge is 0.343 e. The Morgan fingerprint density at radius 1 is 1.21 bits per heavy atom. The number of hydrogen-bond donors (Lipinski definition) is 1. The lowest BCUT2D eigenvalue weighted by molar-refractivity contribution is -0.137. The van der Waals surface area contributed by atoms with E-state index in [1.54, 1.807) is 4.90 Å². The molecule has 4 nitrogen and oxygen atoms in total. The van der Waals surface area contributed by atoms with Gasteiger partial charge in [-0.25, -0.2) is 0 Å². The van der Waals surface area contributed by atoms with Crippen molar-refractivity contribution in [3.8, 4) is 0 Å². The summed E-state index contributed by atoms with van der Waals surface area (Å²) in [5.74, 6) is -0.705. The van der Waals surface area contributed by atoms with Gasteiger partial charge in [0.1, 0.15) is 0 Å². The van der Waals surface area contributed by atoms with Gasteiger partial charge >= 0.3 is 6.18 Å². The molecular weight excluding hydrogens is 321 g/mol. The number of piperidine rings is 1. The number of benzene rings is 1. The lowest BCUT2D eigenvalue weighted by Gasteiger charge is -2.35. The van der Waals surface area contributed by atoms with Crippen LogP contribution in [0.2, 0.25) is 0 Å². The third kappa shape index (κ3) is 4.49. The molecule has 1 saturated heterocycles. The van der Waals surface area contributed by atoms with Crippen molar-refractivity contribution in [2.45, 2.75) is 44.8 Å². The predicted molar refractivity (Wildman–Crippen MR) is 83.4 cm³/mol. The Morgan fingerprint density at radius 3 is 2.46 bits per heavy atom. The summed E-state index contributed by atoms with van der Waals surface area (Å²) in [6.45, 7) is 2.57. The quantitative estimate of drug-likeness (QED) is 0.913. The molecule has 1 fully saturated rings. The molecule has 132 valence electrons. The SMILES string of the molecule is CCC1CCCCN1C(=O)CNC(=O)c1ccc(C(F)(F)F)cc1. The number of nitrogens with one attached hydrogen (secondary N) is 1. The minimum absolute atomic E-state index is 0.0986. The van der Waals surface area contributed by atoms with Crippen LogP contribution in [0.3, 0.4) is 0 Å². The highest BCUT2D eigenvalue weighted by molar-refractivity contribution is 5.96. The Labute approximate surface area is 139 Å². The van der Waals surface area contributed by atoms with Crippen molar-refractivity contribution >= 4 is 11.8 Å². The van der Waals surface area contributed by atoms with Crippen molar-refractivity contribution in [1.82, 2.24) is 10.2 Å². The van der Waals surface area contributed by atoms with Crippen LogP contribution in [0.5, 0.6) is 0 Å². The zero-order chi connectivity index (χ0) is 17.7. The first kappa shape index (κ1) is 18.3. The van der Waals surface area contributed by atoms with Crippen LogP contribution in [0, 0.1) is 0 Å². The molecule has 0 aliphatic carbocycles. The van der Waals surface area contributed by atoms with Crippen molar-refractivity contribution in [3.05, 3.63) is 35.4 Å². The normalized spacial score (nSPS) is 18.3. The lowest BCUT2D eigenvalue weighted by Crippen LogP contribution is -2.47. The Kier molecular flexibility index (Phi) is 5.85. The zero-order valence-corrected chi connectivity index (χ0v) is 13.5. The van der Waals surface area contributed by atoms with Gasteiger partial charge in [0, 0.05) is 18.2 Å². The molecule has 1 aliphatic rings. The van der Waals surface area contributed by atoms with E-state index in [1.165, 1.54) is 0 Å². The van der Waals surface area contributed by atoms with E-state index in [0.29, 0.717) is 6.54 Å². The largest absolute Gasteiger partial charge is 0.416 e. The topological polar surface area (TPSA) is 49.4 Å². The van der Waals surface area contributed by atoms with Crippen LogP contribution in [0.4, 0.5) is 13.2 Å². The van der Waals surface area contributed by atoms with Gasteiger partial charge in [0.25, 0.3) is 5.91 Å². The van der Waals surface area contributed by atoms with Gasteiger partial charge in [-0.2, -0.15) is 13.2 Å². The summed E-state index contributed by atoms with van der Waals surface area (Å²) in [6, 6.07) is 4.13. The summed E-state index contributed by atoms with van der Waals surface area (Å²) in [5, 5.41) is 2.49. The Balaban J connectivity index is 1.91. The highest BCUT2D eigenvalue weighted by Crippen LogP contribution is 2.29. The van der Waals surface area contributed by atoms with Gasteiger partial charge in [-0.1, -0.05) is 6.92 Å². The average molecular weight is 342 g/mol. The highest BCUT2D eigenvalue weighted by atomic mass is 19.4. The minimum Gasteiger partial charge on any atom is -0.343 e. The van der Waals surface area contributed by atoms with E-state index in [2.05, 4.69) is 5.32 Å². The molecule has 1 aromatic rings. The number of alkyl halides is 3. The molecule has 2 amide bonds. The molecule has 0 bridgehead atoms. The lowest BCUT2D eigenvalue weighted by atomic mass is 10.00. The number of likely N-dealkylation sites (tertiary alicyclic amines) is 1. The molecule has 24 heavy (non-hydrogen) atoms. The second-order valence-corrected chi connectivity index (χ2v) is 5.90. The van der Waals surface area contributed by atoms with Gasteiger partial charge in [-0.15, -0.1) is 0 Å². The minimum atomic E-state index is -4.44. The van der Waals surface area contributed by atoms with Gasteiger partial charge in [0.2, 0.25) is 5.91 Å². The summed E-state index contributed by atoms with van der Waals surface area (Å²) >= 11 is 0. The summed E-state index contributed by atoms with van der Waals surface area (Å²) in [6.07, 6.45) is -0.544. The molecule has 1 N–H and O–H groups in total. The van der Waals surface area contributed by atoms with E-state index in [9.17, 15) is 22.8 Å². The number of halogens is 3. The van der Waals surface area contributed by atoms with Gasteiger partial charge in [-0.05, 0) is 49.9 Å². The Morgan fingerprint density at radius 2 is 1.88 bits per heavy atom. The third-order valence-corrected chi connectivity index (χ3v) is 4.29. The maximum atomic E-state index is 12.5. The summed E-state index contributed by atoms with van der Waals surface area (Å²) in [4.78, 5) is 26.0. The highest BCUT2D eigenvalue weighted by Gasteiger charge is 2.30. The van der Waals surface area contributed by atoms with Crippen LogP contribution in [-0.2, 0) is 11.0 Å². The molecule has 0 spiro atoms. The van der Waals surface area contributed by atoms with Crippen molar-refractivity contribution in [1.29, 1.82) is 0 Å². The maximum absolute atomic E-state index is 12.5. The number of hydrogen-bond acceptors (Lipinski definition) is 2. The molecule has 1 atom stereocenters. The number of rotatable bonds is 4. The monoisotopic (exact) mass is 342 g/mol. The third-order valence-electron chi connectivity index (χ3n) is 4.29. The fraction of sp³-hybridized carbons (Fsp3) is 0.529. The van der Waals surface area contributed by atoms with Crippen LogP contribution in [0.15, 0.2) is 24.3 Å². The summed E-state index contributed by atoms with van der Waals surface area (Å²) < 4.78 is 37.5. The predicted octanol–water partition coefficient (Wildman–Crippen LogP) is 3.23. The van der Waals surface area contributed by atoms with Crippen LogP contribution < -0.4 is 5.32 Å². The standard InChI is InChI=1S/C17H21F3N2O2/c1-2-14-5-3-4-10-22(14)15(23)11-21-16(24)12-6-8-13(9-7-12)17(18,19)20/h6-9,14H,2-5,10-11H2,1H3,(H,21,24). The fourth-order valence-electron chi connectivity index (χ4n) is 2.92. The molecule has 1 unspecified atom stereocenters. The first-order valence-corrected chi connectivity index (χ1v) is 8.08. The first-order valence-electron chi connectivity index (χ1n) is 8.08. The number of nitrogens with zero attached hydrogens (tertiary/aromatic N) is 1. The van der Waals surface area contributed by atoms with Crippen LogP contribution >= 0.6 is 0 Å². The van der Waals surface area contributed by atoms with E-state index in [-0.39, 0.29) is 24.1 Å². The molecule has 7 heteroatoms. The molecule has 0 saturated carbocycles. The zero-order valence-electron chi connectivity index (χ0n) is 13.5. The van der Waals surface area contributed by atoms with E-state index in [4.69, 9.17) is 0 Å². The number of carbonyl (C=O) groups is 2. The van der Waals surface area contributed by atoms with Crippen molar-refractivity contribution < 1.29 is 22.8 Å². The molecule has 0 radical (unpaired) electrons. The first-order chi connectivity index (χ1) is 11.3. The molecule has 2 rings (SSSR count). The molecule has 1 aromatic carbocycles. The maximum Gasteiger partial charge on any atom is 0.416 e. The molecule has 1 heterocycles. The van der Waals surface area contributed by atoms with Gasteiger partial charge in [-0.3, -0.25) is 9.59 Å². The van der Waals surface area contributed by atoms with Crippen LogP contribution in [-0.4, -0.2) is 35.8 Å². The van der Waals surface area contributed by atoms with Crippen molar-refractivity contribution in [2.75, 3.05) is 13.1 Å². The molecule has 1 aliphatic heterocycles. The van der Waals surface area contributed by atoms with E-state index < -0.39 is 17.6 Å². The Hall–Kier alpha value is -2.05. The van der Waals surface area contributed by atoms with Gasteiger partial charge in [0.05, 0.1) is 12.1 Å². The summed E-state index contributed by atoms with van der Waals surface area (Å²) in [5.41, 5.74) is -0.712. The molecule has 0 aromatic heterocycles. The number of carbonyl (C=O) groups excluding carboxylic acids is 2. The average Bonchev–Trinajstić information content (AvgIpc) is 2.58. The van der Waals surface area contributed by atoms with E-state index >= 15 is 0 Å².